The van der Waals surface area contributed by atoms with Gasteiger partial charge in [0.25, 0.3) is 0 Å². The molecule has 0 aliphatic carbocycles. The molecule has 1 fully saturated rings. The summed E-state index contributed by atoms with van der Waals surface area (Å²) in [5.74, 6) is 0.0630. The van der Waals surface area contributed by atoms with Crippen molar-refractivity contribution in [2.24, 2.45) is 0 Å². The van der Waals surface area contributed by atoms with E-state index in [9.17, 15) is 4.79 Å². The predicted octanol–water partition coefficient (Wildman–Crippen LogP) is 2.03. The smallest absolute Gasteiger partial charge is 0.234 e. The minimum Gasteiger partial charge on any atom is -0.349 e. The molecule has 1 saturated heterocycles. The number of hydrogen-bond donors (Lipinski definition) is 1. The molecule has 1 amide bonds. The Bertz CT molecular complexity index is 694. The lowest BCUT2D eigenvalue weighted by Gasteiger charge is -2.33. The standard InChI is InChI=1S/C21H26N4O/c26-21(23-17-20-10-4-5-11-22-20)18-25-15-13-24(14-16-25)12-6-9-19-7-2-1-3-8-19/h1-11H,12-18H2,(H,23,26)/b9-6+. The van der Waals surface area contributed by atoms with E-state index in [-0.39, 0.29) is 5.91 Å². The first-order valence-corrected chi connectivity index (χ1v) is 9.12. The third-order valence-corrected chi connectivity index (χ3v) is 4.50. The van der Waals surface area contributed by atoms with E-state index in [1.807, 2.05) is 24.3 Å². The van der Waals surface area contributed by atoms with E-state index in [4.69, 9.17) is 0 Å². The average molecular weight is 350 g/mol. The molecule has 0 saturated carbocycles. The van der Waals surface area contributed by atoms with E-state index in [0.717, 1.165) is 38.4 Å². The summed E-state index contributed by atoms with van der Waals surface area (Å²) in [4.78, 5) is 20.9. The lowest BCUT2D eigenvalue weighted by atomic mass is 10.2. The van der Waals surface area contributed by atoms with Gasteiger partial charge in [0.15, 0.2) is 0 Å². The van der Waals surface area contributed by atoms with Gasteiger partial charge in [-0.1, -0.05) is 48.6 Å². The van der Waals surface area contributed by atoms with Crippen molar-refractivity contribution in [1.82, 2.24) is 20.1 Å². The van der Waals surface area contributed by atoms with Crippen LogP contribution in [0.2, 0.25) is 0 Å². The van der Waals surface area contributed by atoms with Crippen molar-refractivity contribution in [3.63, 3.8) is 0 Å². The highest BCUT2D eigenvalue weighted by molar-refractivity contribution is 5.77. The van der Waals surface area contributed by atoms with Gasteiger partial charge in [-0.25, -0.2) is 0 Å². The molecule has 5 nitrogen and oxygen atoms in total. The van der Waals surface area contributed by atoms with Crippen molar-refractivity contribution in [2.75, 3.05) is 39.3 Å². The highest BCUT2D eigenvalue weighted by atomic mass is 16.2. The molecule has 5 heteroatoms. The Morgan fingerprint density at radius 2 is 1.73 bits per heavy atom. The summed E-state index contributed by atoms with van der Waals surface area (Å²) in [6.45, 7) is 5.74. The highest BCUT2D eigenvalue weighted by Gasteiger charge is 2.17. The normalized spacial score (nSPS) is 16.0. The van der Waals surface area contributed by atoms with Crippen LogP contribution in [0.15, 0.2) is 60.8 Å². The minimum atomic E-state index is 0.0630. The zero-order valence-electron chi connectivity index (χ0n) is 15.1. The Kier molecular flexibility index (Phi) is 6.93. The van der Waals surface area contributed by atoms with Crippen molar-refractivity contribution in [1.29, 1.82) is 0 Å². The van der Waals surface area contributed by atoms with Gasteiger partial charge < -0.3 is 5.32 Å². The fourth-order valence-electron chi connectivity index (χ4n) is 2.98. The third kappa shape index (κ3) is 6.10. The number of nitrogens with one attached hydrogen (secondary N) is 1. The Balaban J connectivity index is 1.33. The van der Waals surface area contributed by atoms with E-state index >= 15 is 0 Å². The molecule has 2 aromatic rings. The first-order chi connectivity index (χ1) is 12.8. The molecule has 1 aliphatic rings. The number of hydrogen-bond acceptors (Lipinski definition) is 4. The van der Waals surface area contributed by atoms with Crippen LogP contribution in [0.1, 0.15) is 11.3 Å². The van der Waals surface area contributed by atoms with Gasteiger partial charge >= 0.3 is 0 Å². The SMILES string of the molecule is O=C(CN1CCN(C/C=C/c2ccccc2)CC1)NCc1ccccn1. The summed E-state index contributed by atoms with van der Waals surface area (Å²) < 4.78 is 0. The maximum absolute atomic E-state index is 12.1. The van der Waals surface area contributed by atoms with E-state index in [2.05, 4.69) is 56.5 Å². The Hall–Kier alpha value is -2.50. The summed E-state index contributed by atoms with van der Waals surface area (Å²) in [5.41, 5.74) is 2.12. The van der Waals surface area contributed by atoms with Crippen LogP contribution < -0.4 is 5.32 Å². The van der Waals surface area contributed by atoms with Gasteiger partial charge in [0, 0.05) is 38.9 Å². The molecule has 136 valence electrons. The number of amides is 1. The van der Waals surface area contributed by atoms with Gasteiger partial charge in [-0.15, -0.1) is 0 Å². The van der Waals surface area contributed by atoms with Gasteiger partial charge in [0.1, 0.15) is 0 Å². The number of pyridine rings is 1. The molecule has 0 radical (unpaired) electrons. The second-order valence-corrected chi connectivity index (χ2v) is 6.49. The van der Waals surface area contributed by atoms with Crippen molar-refractivity contribution < 1.29 is 4.79 Å². The monoisotopic (exact) mass is 350 g/mol. The summed E-state index contributed by atoms with van der Waals surface area (Å²) in [6.07, 6.45) is 6.12. The van der Waals surface area contributed by atoms with Crippen LogP contribution in [0.4, 0.5) is 0 Å². The molecule has 2 heterocycles. The van der Waals surface area contributed by atoms with Gasteiger partial charge in [-0.2, -0.15) is 0 Å². The summed E-state index contributed by atoms with van der Waals surface area (Å²) in [7, 11) is 0. The molecule has 0 bridgehead atoms. The largest absolute Gasteiger partial charge is 0.349 e. The fraction of sp³-hybridized carbons (Fsp3) is 0.333. The molecule has 1 N–H and O–H groups in total. The Morgan fingerprint density at radius 1 is 1.00 bits per heavy atom. The molecule has 1 aromatic carbocycles. The molecular weight excluding hydrogens is 324 g/mol. The van der Waals surface area contributed by atoms with Gasteiger partial charge in [0.2, 0.25) is 5.91 Å². The zero-order chi connectivity index (χ0) is 18.0. The summed E-state index contributed by atoms with van der Waals surface area (Å²) in [5, 5.41) is 2.94. The molecule has 3 rings (SSSR count). The van der Waals surface area contributed by atoms with Gasteiger partial charge in [0.05, 0.1) is 18.8 Å². The number of aromatic nitrogens is 1. The highest BCUT2D eigenvalue weighted by Crippen LogP contribution is 2.04. The van der Waals surface area contributed by atoms with Crippen LogP contribution in [0.5, 0.6) is 0 Å². The summed E-state index contributed by atoms with van der Waals surface area (Å²) in [6, 6.07) is 16.1. The zero-order valence-corrected chi connectivity index (χ0v) is 15.1. The first-order valence-electron chi connectivity index (χ1n) is 9.12. The predicted molar refractivity (Wildman–Crippen MR) is 104 cm³/mol. The van der Waals surface area contributed by atoms with Crippen LogP contribution in [0, 0.1) is 0 Å². The average Bonchev–Trinajstić information content (AvgIpc) is 2.69. The first kappa shape index (κ1) is 18.3. The van der Waals surface area contributed by atoms with Crippen molar-refractivity contribution in [2.45, 2.75) is 6.54 Å². The topological polar surface area (TPSA) is 48.5 Å². The molecule has 1 aromatic heterocycles. The maximum atomic E-state index is 12.1. The lowest BCUT2D eigenvalue weighted by Crippen LogP contribution is -2.49. The van der Waals surface area contributed by atoms with Crippen LogP contribution in [-0.4, -0.2) is 60.0 Å². The van der Waals surface area contributed by atoms with Crippen molar-refractivity contribution in [3.8, 4) is 0 Å². The molecule has 0 unspecified atom stereocenters. The Labute approximate surface area is 155 Å². The molecular formula is C21H26N4O. The van der Waals surface area contributed by atoms with Crippen molar-refractivity contribution >= 4 is 12.0 Å². The quantitative estimate of drug-likeness (QED) is 0.830. The van der Waals surface area contributed by atoms with Crippen molar-refractivity contribution in [3.05, 3.63) is 72.1 Å². The number of nitrogens with zero attached hydrogens (tertiary/aromatic N) is 3. The summed E-state index contributed by atoms with van der Waals surface area (Å²) >= 11 is 0. The third-order valence-electron chi connectivity index (χ3n) is 4.50. The van der Waals surface area contributed by atoms with Crippen LogP contribution in [0.3, 0.4) is 0 Å². The number of carbonyl (C=O) groups excluding carboxylic acids is 1. The molecule has 26 heavy (non-hydrogen) atoms. The second-order valence-electron chi connectivity index (χ2n) is 6.49. The number of piperazine rings is 1. The molecule has 0 atom stereocenters. The van der Waals surface area contributed by atoms with Gasteiger partial charge in [-0.3, -0.25) is 19.6 Å². The van der Waals surface area contributed by atoms with Gasteiger partial charge in [-0.05, 0) is 17.7 Å². The fourth-order valence-corrected chi connectivity index (χ4v) is 2.98. The van der Waals surface area contributed by atoms with E-state index in [0.29, 0.717) is 13.1 Å². The van der Waals surface area contributed by atoms with E-state index < -0.39 is 0 Å². The van der Waals surface area contributed by atoms with E-state index in [1.54, 1.807) is 6.20 Å². The van der Waals surface area contributed by atoms with Crippen LogP contribution in [-0.2, 0) is 11.3 Å². The van der Waals surface area contributed by atoms with E-state index in [1.165, 1.54) is 5.56 Å². The number of benzene rings is 1. The maximum Gasteiger partial charge on any atom is 0.234 e. The molecule has 0 spiro atoms. The molecule has 1 aliphatic heterocycles. The number of carbonyl (C=O) groups is 1. The Morgan fingerprint density at radius 3 is 2.46 bits per heavy atom. The minimum absolute atomic E-state index is 0.0630. The number of rotatable bonds is 7. The van der Waals surface area contributed by atoms with Crippen LogP contribution in [0.25, 0.3) is 6.08 Å². The van der Waals surface area contributed by atoms with Crippen LogP contribution >= 0.6 is 0 Å². The lowest BCUT2D eigenvalue weighted by molar-refractivity contribution is -0.122. The second kappa shape index (κ2) is 9.85.